The predicted molar refractivity (Wildman–Crippen MR) is 285 cm³/mol. The first-order valence-electron chi connectivity index (χ1n) is 25.9. The van der Waals surface area contributed by atoms with Crippen molar-refractivity contribution in [3.63, 3.8) is 0 Å². The van der Waals surface area contributed by atoms with Gasteiger partial charge in [0.1, 0.15) is 17.1 Å². The fourth-order valence-corrected chi connectivity index (χ4v) is 10.1. The van der Waals surface area contributed by atoms with Crippen molar-refractivity contribution in [2.75, 3.05) is 68.8 Å². The van der Waals surface area contributed by atoms with Crippen molar-refractivity contribution in [3.8, 4) is 0 Å². The highest BCUT2D eigenvalue weighted by atomic mass is 19.2. The van der Waals surface area contributed by atoms with Crippen molar-refractivity contribution in [2.24, 2.45) is 15.9 Å². The summed E-state index contributed by atoms with van der Waals surface area (Å²) in [6, 6.07) is -3.51. The first-order chi connectivity index (χ1) is 42.0. The van der Waals surface area contributed by atoms with Crippen LogP contribution in [0.2, 0.25) is 0 Å². The van der Waals surface area contributed by atoms with Crippen LogP contribution in [0.4, 0.5) is 87.3 Å². The Bertz CT molecular complexity index is 3640. The molecule has 1 aliphatic carbocycles. The van der Waals surface area contributed by atoms with E-state index in [1.807, 2.05) is 16.0 Å². The van der Waals surface area contributed by atoms with Gasteiger partial charge in [-0.2, -0.15) is 0 Å². The van der Waals surface area contributed by atoms with Gasteiger partial charge in [0, 0.05) is 58.4 Å². The molecular weight excluding hydrogens is 1210 g/mol. The van der Waals surface area contributed by atoms with E-state index < -0.39 is 295 Å². The summed E-state index contributed by atoms with van der Waals surface area (Å²) in [5, 5.41) is 82.7. The maximum atomic E-state index is 16.9. The highest BCUT2D eigenvalue weighted by molar-refractivity contribution is 6.34. The maximum Gasteiger partial charge on any atom is 0.185 e. The molecule has 0 fully saturated rings. The third-order valence-electron chi connectivity index (χ3n) is 14.6. The monoisotopic (exact) mass is 1260 g/mol. The minimum Gasteiger partial charge on any atom is -0.396 e. The van der Waals surface area contributed by atoms with Gasteiger partial charge in [0.15, 0.2) is 93.1 Å². The molecule has 12 N–H and O–H groups in total. The number of aliphatic hydroxyl groups is 8. The molecule has 5 aromatic rings. The van der Waals surface area contributed by atoms with E-state index in [2.05, 4.69) is 15.0 Å². The fourth-order valence-electron chi connectivity index (χ4n) is 10.1. The Balaban J connectivity index is 1.45. The van der Waals surface area contributed by atoms with Gasteiger partial charge >= 0.3 is 0 Å². The number of anilines is 3. The molecule has 3 aliphatic heterocycles. The number of aromatic nitrogens is 1. The fraction of sp³-hybridized carbons (Fsp3) is 0.241. The van der Waals surface area contributed by atoms with E-state index in [0.717, 1.165) is 48.6 Å². The van der Waals surface area contributed by atoms with Gasteiger partial charge in [-0.05, 0) is 60.4 Å². The number of aromatic amines is 1. The molecule has 9 rings (SSSR count). The maximum absolute atomic E-state index is 16.9. The number of halogens is 16. The summed E-state index contributed by atoms with van der Waals surface area (Å²) in [7, 11) is 0. The molecule has 466 valence electrons. The second-order valence-corrected chi connectivity index (χ2v) is 20.0. The van der Waals surface area contributed by atoms with E-state index in [-0.39, 0.29) is 0 Å². The summed E-state index contributed by atoms with van der Waals surface area (Å²) < 4.78 is 266. The molecule has 4 aliphatic rings. The first kappa shape index (κ1) is 64.1. The Hall–Kier alpha value is -8.36. The van der Waals surface area contributed by atoms with Gasteiger partial charge in [-0.15, -0.1) is 0 Å². The lowest BCUT2D eigenvalue weighted by Crippen LogP contribution is -2.29. The number of hydrogen-bond acceptors (Lipinski definition) is 13. The van der Waals surface area contributed by atoms with Crippen LogP contribution in [0.5, 0.6) is 0 Å². The Kier molecular flexibility index (Phi) is 18.8. The number of fused-ring (bicyclic) bond motifs is 6. The second-order valence-electron chi connectivity index (χ2n) is 20.0. The van der Waals surface area contributed by atoms with Gasteiger partial charge < -0.3 is 61.8 Å². The van der Waals surface area contributed by atoms with E-state index >= 15 is 70.2 Å². The third kappa shape index (κ3) is 11.0. The van der Waals surface area contributed by atoms with Crippen molar-refractivity contribution in [1.29, 1.82) is 0 Å². The molecule has 30 heteroatoms. The van der Waals surface area contributed by atoms with Crippen LogP contribution in [0.1, 0.15) is 45.6 Å². The van der Waals surface area contributed by atoms with Crippen LogP contribution >= 0.6 is 0 Å². The van der Waals surface area contributed by atoms with E-state index in [1.54, 1.807) is 0 Å². The van der Waals surface area contributed by atoms with Crippen LogP contribution in [0.15, 0.2) is 81.1 Å². The highest BCUT2D eigenvalue weighted by Gasteiger charge is 2.39. The van der Waals surface area contributed by atoms with Gasteiger partial charge in [0.2, 0.25) is 0 Å². The normalized spacial score (nSPS) is 15.0. The first-order valence-corrected chi connectivity index (χ1v) is 25.9. The quantitative estimate of drug-likeness (QED) is 0.0263. The van der Waals surface area contributed by atoms with E-state index in [0.29, 0.717) is 0 Å². The molecule has 8 bridgehead atoms. The van der Waals surface area contributed by atoms with Crippen molar-refractivity contribution in [2.45, 2.75) is 31.0 Å². The van der Waals surface area contributed by atoms with Crippen LogP contribution < -0.4 is 16.0 Å². The van der Waals surface area contributed by atoms with Crippen molar-refractivity contribution < 1.29 is 111 Å². The zero-order valence-electron chi connectivity index (χ0n) is 44.5. The molecule has 0 saturated heterocycles. The lowest BCUT2D eigenvalue weighted by Gasteiger charge is -2.21. The summed E-state index contributed by atoms with van der Waals surface area (Å²) in [5.41, 5.74) is -24.1. The molecule has 0 saturated carbocycles. The van der Waals surface area contributed by atoms with E-state index in [9.17, 15) is 40.9 Å². The molecule has 1 aromatic heterocycles. The third-order valence-corrected chi connectivity index (χ3v) is 14.6. The van der Waals surface area contributed by atoms with Gasteiger partial charge in [0.05, 0.1) is 103 Å². The number of hydrogen-bond donors (Lipinski definition) is 12. The number of benzene rings is 4. The largest absolute Gasteiger partial charge is 0.396 e. The Morgan fingerprint density at radius 1 is 0.352 bits per heavy atom. The summed E-state index contributed by atoms with van der Waals surface area (Å²) in [4.78, 5) is 10.9. The van der Waals surface area contributed by atoms with Crippen LogP contribution in [-0.4, -0.2) is 128 Å². The number of rotatable bonds is 20. The lowest BCUT2D eigenvalue weighted by molar-refractivity contribution is 0.148. The molecule has 0 amide bonds. The highest BCUT2D eigenvalue weighted by Crippen LogP contribution is 2.47. The summed E-state index contributed by atoms with van der Waals surface area (Å²) in [5.74, 6) is -37.6. The number of aliphatic imine (C=N–C) groups is 2. The van der Waals surface area contributed by atoms with Crippen LogP contribution in [0.3, 0.4) is 0 Å². The smallest absolute Gasteiger partial charge is 0.185 e. The van der Waals surface area contributed by atoms with Crippen LogP contribution in [-0.2, 0) is 6.42 Å². The number of aliphatic hydroxyl groups excluding tert-OH is 8. The molecule has 88 heavy (non-hydrogen) atoms. The molecule has 0 unspecified atom stereocenters. The molecule has 0 atom stereocenters. The van der Waals surface area contributed by atoms with Gasteiger partial charge in [-0.1, -0.05) is 12.2 Å². The lowest BCUT2D eigenvalue weighted by atomic mass is 9.90. The topological polar surface area (TPSA) is 238 Å². The minimum absolute atomic E-state index is 0.629. The standard InChI is InChI=1S/C58H44F16N6O8/c59-40-25(9-19(11-81)12-82)41(60)43(62)38(42(40)61)34-28-5-3-26(78-28)32(36-44(63)50(69)56(51(70)45(36)64)75-22(13-83)14-84)20-1-2-21(10-20)33(37-46(65)52(71)57(53(72)47(37)66)76-23(15-85)16-86)27-4-6-29(79-27)35(31-8-7-30(34)80-31)39-48(67)54(73)58(55(74)49(39)68)77-24(17-87)18-88/h1-8,19,22-24,75-77,80-88H,9-18H2. The Morgan fingerprint density at radius 2 is 0.636 bits per heavy atom. The molecule has 4 aromatic carbocycles. The van der Waals surface area contributed by atoms with Gasteiger partial charge in [-0.3, -0.25) is 0 Å². The average molecular weight is 1260 g/mol. The summed E-state index contributed by atoms with van der Waals surface area (Å²) >= 11 is 0. The molecule has 4 heterocycles. The average Bonchev–Trinajstić information content (AvgIpc) is 2.86. The summed E-state index contributed by atoms with van der Waals surface area (Å²) in [6.45, 7) is -8.39. The predicted octanol–water partition coefficient (Wildman–Crippen LogP) is 8.10. The number of nitrogens with zero attached hydrogens (tertiary/aromatic N) is 2. The number of allylic oxidation sites excluding steroid dienone is 10. The molecule has 14 nitrogen and oxygen atoms in total. The van der Waals surface area contributed by atoms with Gasteiger partial charge in [-0.25, -0.2) is 80.2 Å². The molecule has 0 radical (unpaired) electrons. The van der Waals surface area contributed by atoms with Crippen molar-refractivity contribution in [1.82, 2.24) is 4.98 Å². The zero-order valence-corrected chi connectivity index (χ0v) is 44.5. The van der Waals surface area contributed by atoms with Gasteiger partial charge in [0.25, 0.3) is 0 Å². The van der Waals surface area contributed by atoms with E-state index in [1.165, 1.54) is 0 Å². The number of H-pyrrole nitrogens is 1. The SMILES string of the molecule is OCC(CO)Cc1c(F)c(F)c(C2=C3C=CC(=N3)C(c3c(F)c(F)c(NC(CO)CO)c(F)c3F)=C3C=CC(=C(c4c(F)c(F)c(NC(CO)CO)c(F)c4F)C4=NC(=C(c5c(F)c(F)c(NC(CO)CO)c(F)c5F)c5ccc2[nH]5)C=C4)C3)c(F)c1F. The second kappa shape index (κ2) is 25.8. The van der Waals surface area contributed by atoms with Crippen LogP contribution in [0.25, 0.3) is 22.3 Å². The molecular formula is C58H44F16N6O8. The van der Waals surface area contributed by atoms with Crippen molar-refractivity contribution >= 4 is 50.8 Å². The molecule has 0 spiro atoms. The zero-order chi connectivity index (χ0) is 64.1. The Labute approximate surface area is 484 Å². The van der Waals surface area contributed by atoms with Crippen molar-refractivity contribution in [3.05, 3.63) is 203 Å². The van der Waals surface area contributed by atoms with E-state index in [4.69, 9.17) is 0 Å². The Morgan fingerprint density at radius 3 is 0.920 bits per heavy atom. The van der Waals surface area contributed by atoms with Crippen LogP contribution in [0, 0.1) is 99.0 Å². The number of nitrogens with one attached hydrogen (secondary N) is 4. The minimum atomic E-state index is -2.32. The summed E-state index contributed by atoms with van der Waals surface area (Å²) in [6.07, 6.45) is 2.47.